The molecule has 0 radical (unpaired) electrons. The van der Waals surface area contributed by atoms with Crippen LogP contribution in [0.4, 0.5) is 17.6 Å². The fourth-order valence-corrected chi connectivity index (χ4v) is 2.02. The van der Waals surface area contributed by atoms with Gasteiger partial charge in [0.2, 0.25) is 0 Å². The standard InChI is InChI=1S/C14H12F4N2/c15-7-3-1-4-8(16)11(7)13(19)14(20)12-9(17)5-2-6-10(12)18/h1-6,13-14H,19-20H2/t13-,14-/m1/s1. The Morgan fingerprint density at radius 1 is 0.600 bits per heavy atom. The van der Waals surface area contributed by atoms with Crippen LogP contribution >= 0.6 is 0 Å². The number of benzene rings is 2. The van der Waals surface area contributed by atoms with Crippen LogP contribution in [-0.4, -0.2) is 0 Å². The highest BCUT2D eigenvalue weighted by Gasteiger charge is 2.27. The monoisotopic (exact) mass is 284 g/mol. The lowest BCUT2D eigenvalue weighted by Gasteiger charge is -2.22. The summed E-state index contributed by atoms with van der Waals surface area (Å²) in [6, 6.07) is 3.51. The van der Waals surface area contributed by atoms with Crippen LogP contribution in [0.15, 0.2) is 36.4 Å². The van der Waals surface area contributed by atoms with Crippen LogP contribution in [0, 0.1) is 23.3 Å². The first-order valence-corrected chi connectivity index (χ1v) is 5.82. The molecule has 0 heterocycles. The Hall–Kier alpha value is -1.92. The lowest BCUT2D eigenvalue weighted by atomic mass is 9.93. The van der Waals surface area contributed by atoms with Gasteiger partial charge in [0.05, 0.1) is 12.1 Å². The van der Waals surface area contributed by atoms with E-state index in [9.17, 15) is 17.6 Å². The number of rotatable bonds is 3. The third kappa shape index (κ3) is 2.52. The first kappa shape index (κ1) is 14.5. The van der Waals surface area contributed by atoms with Crippen LogP contribution in [0.3, 0.4) is 0 Å². The summed E-state index contributed by atoms with van der Waals surface area (Å²) in [7, 11) is 0. The SMILES string of the molecule is N[C@H](c1c(F)cccc1F)[C@H](N)c1c(F)cccc1F. The third-order valence-electron chi connectivity index (χ3n) is 3.05. The first-order chi connectivity index (χ1) is 9.43. The minimum atomic E-state index is -1.41. The van der Waals surface area contributed by atoms with Gasteiger partial charge in [0.15, 0.2) is 0 Å². The van der Waals surface area contributed by atoms with Crippen molar-refractivity contribution in [1.82, 2.24) is 0 Å². The van der Waals surface area contributed by atoms with E-state index in [2.05, 4.69) is 0 Å². The molecule has 0 spiro atoms. The normalized spacial score (nSPS) is 14.1. The van der Waals surface area contributed by atoms with Crippen molar-refractivity contribution in [1.29, 1.82) is 0 Å². The maximum Gasteiger partial charge on any atom is 0.130 e. The molecule has 2 aromatic rings. The average Bonchev–Trinajstić information content (AvgIpc) is 2.37. The highest BCUT2D eigenvalue weighted by Crippen LogP contribution is 2.31. The molecule has 2 rings (SSSR count). The van der Waals surface area contributed by atoms with Gasteiger partial charge in [-0.25, -0.2) is 17.6 Å². The summed E-state index contributed by atoms with van der Waals surface area (Å²) in [5, 5.41) is 0. The minimum absolute atomic E-state index is 0.498. The molecule has 2 nitrogen and oxygen atoms in total. The van der Waals surface area contributed by atoms with Crippen molar-refractivity contribution in [3.8, 4) is 0 Å². The van der Waals surface area contributed by atoms with Crippen molar-refractivity contribution >= 4 is 0 Å². The average molecular weight is 284 g/mol. The van der Waals surface area contributed by atoms with E-state index in [1.165, 1.54) is 0 Å². The van der Waals surface area contributed by atoms with Crippen LogP contribution in [0.2, 0.25) is 0 Å². The molecule has 106 valence electrons. The Kier molecular flexibility index (Phi) is 4.06. The molecule has 0 saturated carbocycles. The fraction of sp³-hybridized carbons (Fsp3) is 0.143. The van der Waals surface area contributed by atoms with Gasteiger partial charge in [0, 0.05) is 11.1 Å². The summed E-state index contributed by atoms with van der Waals surface area (Å²) in [4.78, 5) is 0. The van der Waals surface area contributed by atoms with E-state index in [0.717, 1.165) is 36.4 Å². The van der Waals surface area contributed by atoms with E-state index >= 15 is 0 Å². The molecular weight excluding hydrogens is 272 g/mol. The van der Waals surface area contributed by atoms with Crippen molar-refractivity contribution < 1.29 is 17.6 Å². The van der Waals surface area contributed by atoms with E-state index < -0.39 is 46.5 Å². The molecule has 0 aromatic heterocycles. The van der Waals surface area contributed by atoms with Crippen molar-refractivity contribution in [3.63, 3.8) is 0 Å². The largest absolute Gasteiger partial charge is 0.322 e. The Balaban J connectivity index is 2.46. The molecule has 0 unspecified atom stereocenters. The van der Waals surface area contributed by atoms with E-state index in [-0.39, 0.29) is 0 Å². The van der Waals surface area contributed by atoms with E-state index in [0.29, 0.717) is 0 Å². The van der Waals surface area contributed by atoms with Gasteiger partial charge in [-0.2, -0.15) is 0 Å². The zero-order valence-electron chi connectivity index (χ0n) is 10.3. The second-order valence-electron chi connectivity index (χ2n) is 4.32. The fourth-order valence-electron chi connectivity index (χ4n) is 2.02. The molecule has 4 N–H and O–H groups in total. The Labute approximate surface area is 113 Å². The summed E-state index contributed by atoms with van der Waals surface area (Å²) < 4.78 is 54.5. The van der Waals surface area contributed by atoms with Crippen LogP contribution in [-0.2, 0) is 0 Å². The van der Waals surface area contributed by atoms with Crippen LogP contribution < -0.4 is 11.5 Å². The highest BCUT2D eigenvalue weighted by molar-refractivity contribution is 5.30. The van der Waals surface area contributed by atoms with Crippen LogP contribution in [0.5, 0.6) is 0 Å². The molecule has 2 aromatic carbocycles. The van der Waals surface area contributed by atoms with Gasteiger partial charge in [0.1, 0.15) is 23.3 Å². The highest BCUT2D eigenvalue weighted by atomic mass is 19.1. The molecule has 0 saturated heterocycles. The van der Waals surface area contributed by atoms with E-state index in [1.54, 1.807) is 0 Å². The van der Waals surface area contributed by atoms with Crippen molar-refractivity contribution in [2.45, 2.75) is 12.1 Å². The molecule has 0 fully saturated rings. The molecule has 0 aliphatic rings. The van der Waals surface area contributed by atoms with Crippen molar-refractivity contribution in [3.05, 3.63) is 70.8 Å². The molecule has 2 atom stereocenters. The summed E-state index contributed by atoms with van der Waals surface area (Å²) in [5.41, 5.74) is 10.3. The smallest absolute Gasteiger partial charge is 0.130 e. The molecule has 0 bridgehead atoms. The Bertz CT molecular complexity index is 535. The predicted octanol–water partition coefficient (Wildman–Crippen LogP) is 2.94. The molecule has 0 aliphatic carbocycles. The number of nitrogens with two attached hydrogens (primary N) is 2. The predicted molar refractivity (Wildman–Crippen MR) is 66.6 cm³/mol. The van der Waals surface area contributed by atoms with Gasteiger partial charge in [-0.15, -0.1) is 0 Å². The zero-order chi connectivity index (χ0) is 14.9. The van der Waals surface area contributed by atoms with Gasteiger partial charge in [0.25, 0.3) is 0 Å². The maximum atomic E-state index is 13.6. The lowest BCUT2D eigenvalue weighted by Crippen LogP contribution is -2.29. The lowest BCUT2D eigenvalue weighted by molar-refractivity contribution is 0.453. The number of halogens is 4. The van der Waals surface area contributed by atoms with Gasteiger partial charge in [-0.3, -0.25) is 0 Å². The summed E-state index contributed by atoms with van der Waals surface area (Å²) in [6.07, 6.45) is 0. The summed E-state index contributed by atoms with van der Waals surface area (Å²) in [5.74, 6) is -3.65. The van der Waals surface area contributed by atoms with Crippen molar-refractivity contribution in [2.75, 3.05) is 0 Å². The number of hydrogen-bond acceptors (Lipinski definition) is 2. The maximum absolute atomic E-state index is 13.6. The van der Waals surface area contributed by atoms with E-state index in [1.807, 2.05) is 0 Å². The number of hydrogen-bond donors (Lipinski definition) is 2. The summed E-state index contributed by atoms with van der Waals surface area (Å²) >= 11 is 0. The van der Waals surface area contributed by atoms with Gasteiger partial charge >= 0.3 is 0 Å². The Morgan fingerprint density at radius 3 is 1.10 bits per heavy atom. The third-order valence-corrected chi connectivity index (χ3v) is 3.05. The quantitative estimate of drug-likeness (QED) is 0.851. The van der Waals surface area contributed by atoms with E-state index in [4.69, 9.17) is 11.5 Å². The zero-order valence-corrected chi connectivity index (χ0v) is 10.3. The summed E-state index contributed by atoms with van der Waals surface area (Å²) in [6.45, 7) is 0. The van der Waals surface area contributed by atoms with Gasteiger partial charge < -0.3 is 11.5 Å². The first-order valence-electron chi connectivity index (χ1n) is 5.82. The molecule has 0 amide bonds. The van der Waals surface area contributed by atoms with Crippen molar-refractivity contribution in [2.24, 2.45) is 11.5 Å². The molecular formula is C14H12F4N2. The molecule has 0 aliphatic heterocycles. The van der Waals surface area contributed by atoms with Gasteiger partial charge in [-0.1, -0.05) is 12.1 Å². The topological polar surface area (TPSA) is 52.0 Å². The Morgan fingerprint density at radius 2 is 0.850 bits per heavy atom. The molecule has 6 heteroatoms. The van der Waals surface area contributed by atoms with Gasteiger partial charge in [-0.05, 0) is 24.3 Å². The second kappa shape index (κ2) is 5.60. The van der Waals surface area contributed by atoms with Crippen LogP contribution in [0.25, 0.3) is 0 Å². The minimum Gasteiger partial charge on any atom is -0.322 e. The second-order valence-corrected chi connectivity index (χ2v) is 4.32. The van der Waals surface area contributed by atoms with Crippen LogP contribution in [0.1, 0.15) is 23.2 Å². The molecule has 20 heavy (non-hydrogen) atoms.